The summed E-state index contributed by atoms with van der Waals surface area (Å²) in [4.78, 5) is 28.1. The molecule has 1 rings (SSSR count). The molecular weight excluding hydrogens is 188 g/mol. The molecule has 0 aromatic carbocycles. The first-order valence-corrected chi connectivity index (χ1v) is 4.45. The first-order chi connectivity index (χ1) is 6.66. The Morgan fingerprint density at radius 3 is 2.93 bits per heavy atom. The van der Waals surface area contributed by atoms with E-state index in [0.29, 0.717) is 13.0 Å². The van der Waals surface area contributed by atoms with Crippen LogP contribution in [0, 0.1) is 0 Å². The van der Waals surface area contributed by atoms with Crippen LogP contribution in [0.25, 0.3) is 0 Å². The highest BCUT2D eigenvalue weighted by Crippen LogP contribution is 2.16. The number of carbonyl (C=O) groups excluding carboxylic acids is 1. The van der Waals surface area contributed by atoms with E-state index in [1.54, 1.807) is 0 Å². The van der Waals surface area contributed by atoms with Crippen LogP contribution < -0.4 is 5.48 Å². The SMILES string of the molecule is CONCC(=O)N1CCCC1C(=O)O. The molecule has 0 aliphatic carbocycles. The van der Waals surface area contributed by atoms with Gasteiger partial charge in [0.25, 0.3) is 0 Å². The number of carboxylic acids is 1. The topological polar surface area (TPSA) is 78.9 Å². The molecule has 14 heavy (non-hydrogen) atoms. The minimum absolute atomic E-state index is 0.0142. The monoisotopic (exact) mass is 202 g/mol. The number of carboxylic acid groups (broad SMARTS) is 1. The summed E-state index contributed by atoms with van der Waals surface area (Å²) in [6.07, 6.45) is 1.28. The molecule has 0 radical (unpaired) electrons. The summed E-state index contributed by atoms with van der Waals surface area (Å²) in [6.45, 7) is 0.529. The van der Waals surface area contributed by atoms with E-state index in [0.717, 1.165) is 6.42 Å². The first kappa shape index (κ1) is 10.9. The van der Waals surface area contributed by atoms with Crippen molar-refractivity contribution in [2.24, 2.45) is 0 Å². The van der Waals surface area contributed by atoms with Crippen molar-refractivity contribution < 1.29 is 19.5 Å². The minimum atomic E-state index is -0.937. The summed E-state index contributed by atoms with van der Waals surface area (Å²) >= 11 is 0. The normalized spacial score (nSPS) is 21.2. The fourth-order valence-corrected chi connectivity index (χ4v) is 1.56. The summed E-state index contributed by atoms with van der Waals surface area (Å²) in [5.41, 5.74) is 2.40. The zero-order valence-electron chi connectivity index (χ0n) is 8.02. The first-order valence-electron chi connectivity index (χ1n) is 4.45. The van der Waals surface area contributed by atoms with E-state index in [-0.39, 0.29) is 12.5 Å². The molecule has 0 spiro atoms. The third-order valence-corrected chi connectivity index (χ3v) is 2.23. The van der Waals surface area contributed by atoms with E-state index in [1.807, 2.05) is 0 Å². The van der Waals surface area contributed by atoms with Crippen molar-refractivity contribution in [3.8, 4) is 0 Å². The van der Waals surface area contributed by atoms with Gasteiger partial charge in [0.15, 0.2) is 0 Å². The van der Waals surface area contributed by atoms with Crippen LogP contribution in [0.5, 0.6) is 0 Å². The molecule has 1 aliphatic heterocycles. The second-order valence-corrected chi connectivity index (χ2v) is 3.11. The van der Waals surface area contributed by atoms with Gasteiger partial charge >= 0.3 is 5.97 Å². The van der Waals surface area contributed by atoms with Gasteiger partial charge in [-0.05, 0) is 12.8 Å². The summed E-state index contributed by atoms with van der Waals surface area (Å²) in [7, 11) is 1.41. The second-order valence-electron chi connectivity index (χ2n) is 3.11. The Morgan fingerprint density at radius 2 is 2.36 bits per heavy atom. The molecule has 1 fully saturated rings. The molecule has 0 aromatic rings. The smallest absolute Gasteiger partial charge is 0.326 e. The third-order valence-electron chi connectivity index (χ3n) is 2.23. The highest BCUT2D eigenvalue weighted by Gasteiger charge is 2.33. The lowest BCUT2D eigenvalue weighted by Gasteiger charge is -2.21. The van der Waals surface area contributed by atoms with Crippen molar-refractivity contribution in [2.45, 2.75) is 18.9 Å². The van der Waals surface area contributed by atoms with E-state index in [1.165, 1.54) is 12.0 Å². The van der Waals surface area contributed by atoms with Crippen LogP contribution in [0.15, 0.2) is 0 Å². The minimum Gasteiger partial charge on any atom is -0.480 e. The molecule has 6 nitrogen and oxygen atoms in total. The molecular formula is C8H14N2O4. The fraction of sp³-hybridized carbons (Fsp3) is 0.750. The molecule has 1 amide bonds. The van der Waals surface area contributed by atoms with Crippen molar-refractivity contribution in [2.75, 3.05) is 20.2 Å². The average Bonchev–Trinajstić information content (AvgIpc) is 2.62. The van der Waals surface area contributed by atoms with Crippen LogP contribution in [-0.2, 0) is 14.4 Å². The van der Waals surface area contributed by atoms with Gasteiger partial charge in [-0.1, -0.05) is 0 Å². The lowest BCUT2D eigenvalue weighted by atomic mass is 10.2. The van der Waals surface area contributed by atoms with Gasteiger partial charge in [-0.15, -0.1) is 0 Å². The van der Waals surface area contributed by atoms with Crippen LogP contribution in [0.2, 0.25) is 0 Å². The van der Waals surface area contributed by atoms with Gasteiger partial charge in [-0.3, -0.25) is 4.79 Å². The maximum atomic E-state index is 11.4. The number of nitrogens with zero attached hydrogens (tertiary/aromatic N) is 1. The number of amides is 1. The Balaban J connectivity index is 2.49. The van der Waals surface area contributed by atoms with Crippen LogP contribution in [0.4, 0.5) is 0 Å². The van der Waals surface area contributed by atoms with Crippen LogP contribution >= 0.6 is 0 Å². The highest BCUT2D eigenvalue weighted by atomic mass is 16.6. The molecule has 0 bridgehead atoms. The predicted octanol–water partition coefficient (Wildman–Crippen LogP) is -0.787. The Bertz CT molecular complexity index is 231. The predicted molar refractivity (Wildman–Crippen MR) is 47.4 cm³/mol. The lowest BCUT2D eigenvalue weighted by molar-refractivity contribution is -0.148. The third kappa shape index (κ3) is 2.43. The van der Waals surface area contributed by atoms with Crippen LogP contribution in [0.1, 0.15) is 12.8 Å². The van der Waals surface area contributed by atoms with E-state index >= 15 is 0 Å². The number of likely N-dealkylation sites (tertiary alicyclic amines) is 1. The molecule has 1 atom stereocenters. The van der Waals surface area contributed by atoms with Gasteiger partial charge < -0.3 is 14.8 Å². The average molecular weight is 202 g/mol. The Morgan fingerprint density at radius 1 is 1.64 bits per heavy atom. The summed E-state index contributed by atoms with van der Waals surface area (Å²) in [6, 6.07) is -0.666. The molecule has 1 unspecified atom stereocenters. The number of hydrogen-bond acceptors (Lipinski definition) is 4. The van der Waals surface area contributed by atoms with Crippen molar-refractivity contribution in [1.82, 2.24) is 10.4 Å². The van der Waals surface area contributed by atoms with E-state index in [9.17, 15) is 9.59 Å². The standard InChI is InChI=1S/C8H14N2O4/c1-14-9-5-7(11)10-4-2-3-6(10)8(12)13/h6,9H,2-5H2,1H3,(H,12,13). The largest absolute Gasteiger partial charge is 0.480 e. The number of hydroxylamine groups is 1. The Kier molecular flexibility index (Phi) is 3.84. The lowest BCUT2D eigenvalue weighted by Crippen LogP contribution is -2.44. The Labute approximate surface area is 81.8 Å². The Hall–Kier alpha value is -1.14. The number of aliphatic carboxylic acids is 1. The maximum absolute atomic E-state index is 11.4. The summed E-state index contributed by atoms with van der Waals surface area (Å²) in [5, 5.41) is 8.81. The van der Waals surface area contributed by atoms with Crippen LogP contribution in [0.3, 0.4) is 0 Å². The van der Waals surface area contributed by atoms with Gasteiger partial charge in [0.1, 0.15) is 12.6 Å². The van der Waals surface area contributed by atoms with Crippen molar-refractivity contribution in [1.29, 1.82) is 0 Å². The fourth-order valence-electron chi connectivity index (χ4n) is 1.56. The van der Waals surface area contributed by atoms with Gasteiger partial charge in [-0.2, -0.15) is 5.48 Å². The number of nitrogens with one attached hydrogen (secondary N) is 1. The quantitative estimate of drug-likeness (QED) is 0.584. The summed E-state index contributed by atoms with van der Waals surface area (Å²) < 4.78 is 0. The molecule has 1 heterocycles. The van der Waals surface area contributed by atoms with Crippen molar-refractivity contribution >= 4 is 11.9 Å². The molecule has 1 saturated heterocycles. The summed E-state index contributed by atoms with van der Waals surface area (Å²) in [5.74, 6) is -1.18. The molecule has 1 aliphatic rings. The van der Waals surface area contributed by atoms with E-state index in [4.69, 9.17) is 5.11 Å². The molecule has 2 N–H and O–H groups in total. The van der Waals surface area contributed by atoms with Crippen LogP contribution in [-0.4, -0.2) is 48.1 Å². The number of hydrogen-bond donors (Lipinski definition) is 2. The zero-order valence-corrected chi connectivity index (χ0v) is 8.02. The zero-order chi connectivity index (χ0) is 10.6. The van der Waals surface area contributed by atoms with Gasteiger partial charge in [0, 0.05) is 6.54 Å². The van der Waals surface area contributed by atoms with Crippen molar-refractivity contribution in [3.05, 3.63) is 0 Å². The number of carbonyl (C=O) groups is 2. The van der Waals surface area contributed by atoms with Gasteiger partial charge in [0.05, 0.1) is 7.11 Å². The van der Waals surface area contributed by atoms with Gasteiger partial charge in [-0.25, -0.2) is 4.79 Å². The molecule has 0 aromatic heterocycles. The second kappa shape index (κ2) is 4.92. The van der Waals surface area contributed by atoms with E-state index in [2.05, 4.69) is 10.3 Å². The van der Waals surface area contributed by atoms with Gasteiger partial charge in [0.2, 0.25) is 5.91 Å². The molecule has 0 saturated carbocycles. The van der Waals surface area contributed by atoms with Crippen molar-refractivity contribution in [3.63, 3.8) is 0 Å². The highest BCUT2D eigenvalue weighted by molar-refractivity contribution is 5.85. The molecule has 6 heteroatoms. The molecule has 80 valence electrons. The number of rotatable bonds is 4. The maximum Gasteiger partial charge on any atom is 0.326 e. The van der Waals surface area contributed by atoms with E-state index < -0.39 is 12.0 Å².